The average Bonchev–Trinajstić information content (AvgIpc) is 3.03. The Bertz CT molecular complexity index is 709. The number of hydrogen-bond donors (Lipinski definition) is 2. The van der Waals surface area contributed by atoms with Crippen LogP contribution < -0.4 is 5.73 Å². The Labute approximate surface area is 140 Å². The number of amides is 2. The Hall–Kier alpha value is -2.27. The summed E-state index contributed by atoms with van der Waals surface area (Å²) in [6.07, 6.45) is 1.44. The van der Waals surface area contributed by atoms with Gasteiger partial charge in [-0.25, -0.2) is 0 Å². The molecule has 1 heterocycles. The van der Waals surface area contributed by atoms with Crippen LogP contribution in [-0.4, -0.2) is 34.8 Å². The fourth-order valence-electron chi connectivity index (χ4n) is 2.42. The van der Waals surface area contributed by atoms with E-state index in [0.29, 0.717) is 16.3 Å². The molecule has 0 aliphatic heterocycles. The molecule has 23 heavy (non-hydrogen) atoms. The van der Waals surface area contributed by atoms with Crippen molar-refractivity contribution in [2.24, 2.45) is 5.73 Å². The monoisotopic (exact) mass is 333 g/mol. The van der Waals surface area contributed by atoms with Gasteiger partial charge in [0, 0.05) is 30.2 Å². The van der Waals surface area contributed by atoms with Gasteiger partial charge >= 0.3 is 0 Å². The van der Waals surface area contributed by atoms with Gasteiger partial charge in [0.25, 0.3) is 5.91 Å². The third-order valence-electron chi connectivity index (χ3n) is 4.25. The summed E-state index contributed by atoms with van der Waals surface area (Å²) in [6.45, 7) is 4.04. The largest absolute Gasteiger partial charge is 0.366 e. The molecule has 5 nitrogen and oxygen atoms in total. The lowest BCUT2D eigenvalue weighted by Gasteiger charge is -2.30. The summed E-state index contributed by atoms with van der Waals surface area (Å²) in [5, 5.41) is 0.684. The fourth-order valence-corrected chi connectivity index (χ4v) is 2.54. The van der Waals surface area contributed by atoms with Crippen LogP contribution in [-0.2, 0) is 0 Å². The van der Waals surface area contributed by atoms with Crippen LogP contribution in [0.5, 0.6) is 0 Å². The smallest absolute Gasteiger partial charge is 0.270 e. The number of likely N-dealkylation sites (N-methyl/N-ethyl adjacent to an activating group) is 1. The molecule has 2 rings (SSSR count). The number of H-pyrrole nitrogens is 1. The maximum Gasteiger partial charge on any atom is 0.270 e. The molecule has 2 atom stereocenters. The molecular formula is C17H20ClN3O2. The zero-order chi connectivity index (χ0) is 17.1. The summed E-state index contributed by atoms with van der Waals surface area (Å²) in [7, 11) is 1.74. The van der Waals surface area contributed by atoms with E-state index in [2.05, 4.69) is 11.9 Å². The zero-order valence-corrected chi connectivity index (χ0v) is 14.1. The number of rotatable bonds is 5. The minimum Gasteiger partial charge on any atom is -0.366 e. The number of aromatic nitrogens is 1. The van der Waals surface area contributed by atoms with Crippen molar-refractivity contribution in [3.8, 4) is 0 Å². The van der Waals surface area contributed by atoms with Gasteiger partial charge in [-0.3, -0.25) is 9.59 Å². The third-order valence-corrected chi connectivity index (χ3v) is 4.50. The van der Waals surface area contributed by atoms with Gasteiger partial charge in [0.2, 0.25) is 5.91 Å². The highest BCUT2D eigenvalue weighted by atomic mass is 35.5. The van der Waals surface area contributed by atoms with Gasteiger partial charge in [0.1, 0.15) is 5.69 Å². The van der Waals surface area contributed by atoms with Crippen LogP contribution >= 0.6 is 11.6 Å². The van der Waals surface area contributed by atoms with E-state index >= 15 is 0 Å². The Morgan fingerprint density at radius 3 is 2.35 bits per heavy atom. The van der Waals surface area contributed by atoms with Gasteiger partial charge in [-0.15, -0.1) is 0 Å². The van der Waals surface area contributed by atoms with Crippen LogP contribution in [0.25, 0.3) is 0 Å². The molecule has 0 saturated carbocycles. The van der Waals surface area contributed by atoms with E-state index in [1.54, 1.807) is 11.9 Å². The topological polar surface area (TPSA) is 79.2 Å². The third kappa shape index (κ3) is 3.74. The van der Waals surface area contributed by atoms with E-state index in [1.165, 1.54) is 12.3 Å². The first-order valence-corrected chi connectivity index (χ1v) is 7.70. The second-order valence-corrected chi connectivity index (χ2v) is 6.10. The van der Waals surface area contributed by atoms with Gasteiger partial charge in [-0.2, -0.15) is 0 Å². The van der Waals surface area contributed by atoms with Crippen molar-refractivity contribution >= 4 is 23.4 Å². The second-order valence-electron chi connectivity index (χ2n) is 5.66. The van der Waals surface area contributed by atoms with Crippen LogP contribution in [0, 0.1) is 0 Å². The van der Waals surface area contributed by atoms with Gasteiger partial charge in [0.05, 0.1) is 5.56 Å². The Balaban J connectivity index is 2.14. The molecule has 0 aliphatic carbocycles. The molecule has 6 heteroatoms. The van der Waals surface area contributed by atoms with Crippen LogP contribution in [0.15, 0.2) is 36.5 Å². The quantitative estimate of drug-likeness (QED) is 0.882. The number of nitrogens with two attached hydrogens (primary N) is 1. The first kappa shape index (κ1) is 17.1. The summed E-state index contributed by atoms with van der Waals surface area (Å²) in [4.78, 5) is 28.1. The summed E-state index contributed by atoms with van der Waals surface area (Å²) in [5.74, 6) is -0.622. The summed E-state index contributed by atoms with van der Waals surface area (Å²) in [6, 6.07) is 9.03. The van der Waals surface area contributed by atoms with Crippen molar-refractivity contribution in [3.05, 3.63) is 58.4 Å². The Morgan fingerprint density at radius 1 is 1.22 bits per heavy atom. The van der Waals surface area contributed by atoms with Crippen molar-refractivity contribution in [1.29, 1.82) is 0 Å². The number of aromatic amines is 1. The van der Waals surface area contributed by atoms with Gasteiger partial charge in [-0.1, -0.05) is 30.7 Å². The van der Waals surface area contributed by atoms with E-state index in [9.17, 15) is 9.59 Å². The number of benzene rings is 1. The zero-order valence-electron chi connectivity index (χ0n) is 13.3. The summed E-state index contributed by atoms with van der Waals surface area (Å²) >= 11 is 5.91. The van der Waals surface area contributed by atoms with Crippen molar-refractivity contribution in [1.82, 2.24) is 9.88 Å². The predicted octanol–water partition coefficient (Wildman–Crippen LogP) is 3.03. The van der Waals surface area contributed by atoms with Gasteiger partial charge in [-0.05, 0) is 30.7 Å². The maximum atomic E-state index is 12.5. The fraction of sp³-hybridized carbons (Fsp3) is 0.294. The van der Waals surface area contributed by atoms with Crippen LogP contribution in [0.3, 0.4) is 0 Å². The molecule has 0 radical (unpaired) electrons. The maximum absolute atomic E-state index is 12.5. The Morgan fingerprint density at radius 2 is 1.83 bits per heavy atom. The molecule has 2 amide bonds. The van der Waals surface area contributed by atoms with Crippen molar-refractivity contribution in [2.45, 2.75) is 25.8 Å². The van der Waals surface area contributed by atoms with Crippen molar-refractivity contribution < 1.29 is 9.59 Å². The van der Waals surface area contributed by atoms with Crippen molar-refractivity contribution in [2.75, 3.05) is 7.05 Å². The summed E-state index contributed by atoms with van der Waals surface area (Å²) < 4.78 is 0. The molecule has 2 aromatic rings. The standard InChI is InChI=1S/C17H20ClN3O2/c1-10(12-4-6-14(18)7-5-12)11(2)21(3)17(23)15-8-13(9-20-15)16(19)22/h4-11,20H,1-3H3,(H2,19,22)/t10-,11-/m1/s1. The van der Waals surface area contributed by atoms with E-state index in [1.807, 2.05) is 31.2 Å². The predicted molar refractivity (Wildman–Crippen MR) is 90.7 cm³/mol. The van der Waals surface area contributed by atoms with Gasteiger partial charge < -0.3 is 15.6 Å². The molecule has 3 N–H and O–H groups in total. The molecule has 0 fully saturated rings. The SMILES string of the molecule is C[C@H]([C@@H](C)c1ccc(Cl)cc1)N(C)C(=O)c1cc(C(N)=O)c[nH]1. The normalized spacial score (nSPS) is 13.4. The number of halogens is 1. The molecule has 1 aromatic heterocycles. The lowest BCUT2D eigenvalue weighted by atomic mass is 9.93. The second kappa shape index (κ2) is 6.87. The first-order chi connectivity index (χ1) is 10.8. The number of primary amides is 1. The molecular weight excluding hydrogens is 314 g/mol. The minimum absolute atomic E-state index is 0.0380. The minimum atomic E-state index is -0.564. The lowest BCUT2D eigenvalue weighted by molar-refractivity contribution is 0.0721. The summed E-state index contributed by atoms with van der Waals surface area (Å²) in [5.41, 5.74) is 6.94. The molecule has 0 saturated heterocycles. The lowest BCUT2D eigenvalue weighted by Crippen LogP contribution is -2.38. The van der Waals surface area contributed by atoms with E-state index < -0.39 is 5.91 Å². The molecule has 122 valence electrons. The molecule has 0 aliphatic rings. The number of carbonyl (C=O) groups excluding carboxylic acids is 2. The van der Waals surface area contributed by atoms with Crippen LogP contribution in [0.2, 0.25) is 5.02 Å². The molecule has 0 spiro atoms. The average molecular weight is 334 g/mol. The first-order valence-electron chi connectivity index (χ1n) is 7.32. The number of carbonyl (C=O) groups is 2. The molecule has 1 aromatic carbocycles. The molecule has 0 bridgehead atoms. The van der Waals surface area contributed by atoms with Crippen molar-refractivity contribution in [3.63, 3.8) is 0 Å². The Kier molecular flexibility index (Phi) is 5.11. The number of nitrogens with one attached hydrogen (secondary N) is 1. The van der Waals surface area contributed by atoms with Gasteiger partial charge in [0.15, 0.2) is 0 Å². The van der Waals surface area contributed by atoms with Crippen LogP contribution in [0.4, 0.5) is 0 Å². The number of hydrogen-bond acceptors (Lipinski definition) is 2. The van der Waals surface area contributed by atoms with E-state index in [0.717, 1.165) is 5.56 Å². The van der Waals surface area contributed by atoms with Crippen LogP contribution in [0.1, 0.15) is 46.2 Å². The highest BCUT2D eigenvalue weighted by molar-refractivity contribution is 6.30. The highest BCUT2D eigenvalue weighted by Crippen LogP contribution is 2.24. The molecule has 0 unspecified atom stereocenters. The van der Waals surface area contributed by atoms with E-state index in [4.69, 9.17) is 17.3 Å². The van der Waals surface area contributed by atoms with E-state index in [-0.39, 0.29) is 17.9 Å². The number of nitrogens with zero attached hydrogens (tertiary/aromatic N) is 1. The highest BCUT2D eigenvalue weighted by Gasteiger charge is 2.24.